The normalized spacial score (nSPS) is 20.8. The summed E-state index contributed by atoms with van der Waals surface area (Å²) in [6, 6.07) is -0.856. The van der Waals surface area contributed by atoms with Gasteiger partial charge in [0.2, 0.25) is 0 Å². The van der Waals surface area contributed by atoms with Crippen molar-refractivity contribution >= 4 is 5.97 Å². The Morgan fingerprint density at radius 3 is 2.39 bits per heavy atom. The van der Waals surface area contributed by atoms with E-state index in [1.165, 1.54) is 19.3 Å². The number of hydrogen-bond donors (Lipinski definition) is 3. The smallest absolute Gasteiger partial charge is 0.320 e. The average molecular weight is 253 g/mol. The summed E-state index contributed by atoms with van der Waals surface area (Å²) in [5.41, 5.74) is 6.66. The number of aliphatic hydroxyl groups excluding tert-OH is 1. The fraction of sp³-hybridized carbons (Fsp3) is 0.643. The van der Waals surface area contributed by atoms with Crippen molar-refractivity contribution in [1.29, 1.82) is 0 Å². The molecule has 1 aliphatic carbocycles. The predicted octanol–water partition coefficient (Wildman–Crippen LogP) is 2.76. The van der Waals surface area contributed by atoms with Gasteiger partial charge in [-0.1, -0.05) is 30.9 Å². The van der Waals surface area contributed by atoms with Crippen LogP contribution in [-0.4, -0.2) is 22.2 Å². The molecule has 0 saturated heterocycles. The number of aliphatic hydroxyl groups is 1. The van der Waals surface area contributed by atoms with Gasteiger partial charge in [0.1, 0.15) is 6.04 Å². The molecule has 1 unspecified atom stereocenters. The van der Waals surface area contributed by atoms with Crippen LogP contribution in [0, 0.1) is 5.92 Å². The molecule has 4 heteroatoms. The number of nitrogens with two attached hydrogens (primary N) is 1. The summed E-state index contributed by atoms with van der Waals surface area (Å²) in [5, 5.41) is 18.1. The van der Waals surface area contributed by atoms with Crippen molar-refractivity contribution in [2.45, 2.75) is 51.5 Å². The zero-order chi connectivity index (χ0) is 13.5. The maximum absolute atomic E-state index is 10.8. The Hall–Kier alpha value is -1.29. The maximum atomic E-state index is 10.8. The van der Waals surface area contributed by atoms with Crippen LogP contribution in [0.25, 0.3) is 0 Å². The van der Waals surface area contributed by atoms with Gasteiger partial charge < -0.3 is 15.9 Å². The van der Waals surface area contributed by atoms with Gasteiger partial charge in [0.15, 0.2) is 0 Å². The molecule has 0 amide bonds. The first-order valence-corrected chi connectivity index (χ1v) is 6.55. The third-order valence-corrected chi connectivity index (χ3v) is 3.44. The minimum absolute atomic E-state index is 0.229. The molecule has 1 atom stereocenters. The van der Waals surface area contributed by atoms with Gasteiger partial charge in [-0.05, 0) is 38.2 Å². The van der Waals surface area contributed by atoms with Crippen molar-refractivity contribution in [1.82, 2.24) is 0 Å². The molecule has 1 saturated carbocycles. The van der Waals surface area contributed by atoms with E-state index in [9.17, 15) is 9.90 Å². The van der Waals surface area contributed by atoms with Crippen molar-refractivity contribution in [3.8, 4) is 0 Å². The molecule has 0 bridgehead atoms. The number of aliphatic carboxylic acids is 1. The Kier molecular flexibility index (Phi) is 5.92. The Morgan fingerprint density at radius 2 is 1.89 bits per heavy atom. The number of rotatable bonds is 5. The molecule has 0 radical (unpaired) electrons. The molecule has 18 heavy (non-hydrogen) atoms. The summed E-state index contributed by atoms with van der Waals surface area (Å²) >= 11 is 0. The van der Waals surface area contributed by atoms with Crippen LogP contribution in [0.3, 0.4) is 0 Å². The van der Waals surface area contributed by atoms with Crippen LogP contribution in [0.1, 0.15) is 45.4 Å². The monoisotopic (exact) mass is 253 g/mol. The fourth-order valence-corrected chi connectivity index (χ4v) is 2.41. The summed E-state index contributed by atoms with van der Waals surface area (Å²) in [6.45, 7) is 1.60. The molecule has 0 spiro atoms. The first-order chi connectivity index (χ1) is 8.50. The standard InChI is InChI=1S/C14H23NO3/c1-10(16)7-8-12(9-13(15)14(17)18)11-5-3-2-4-6-11/h7-8,11,13,16H,2-6,9,15H2,1H3,(H,17,18)/b10-7+,12-8-. The molecule has 0 aromatic heterocycles. The lowest BCUT2D eigenvalue weighted by atomic mass is 9.81. The van der Waals surface area contributed by atoms with E-state index in [0.29, 0.717) is 12.3 Å². The number of carboxylic acid groups (broad SMARTS) is 1. The quantitative estimate of drug-likeness (QED) is 0.519. The molecule has 1 rings (SSSR count). The van der Waals surface area contributed by atoms with E-state index in [1.54, 1.807) is 13.0 Å². The zero-order valence-electron chi connectivity index (χ0n) is 10.9. The van der Waals surface area contributed by atoms with Gasteiger partial charge in [-0.3, -0.25) is 4.79 Å². The molecular formula is C14H23NO3. The minimum atomic E-state index is -0.971. The molecule has 102 valence electrons. The first kappa shape index (κ1) is 14.8. The highest BCUT2D eigenvalue weighted by Gasteiger charge is 2.21. The van der Waals surface area contributed by atoms with Crippen molar-refractivity contribution in [2.75, 3.05) is 0 Å². The van der Waals surface area contributed by atoms with Crippen molar-refractivity contribution in [2.24, 2.45) is 11.7 Å². The average Bonchev–Trinajstić information content (AvgIpc) is 2.34. The second kappa shape index (κ2) is 7.21. The zero-order valence-corrected chi connectivity index (χ0v) is 10.9. The van der Waals surface area contributed by atoms with E-state index in [1.807, 2.05) is 6.08 Å². The number of carbonyl (C=O) groups is 1. The molecular weight excluding hydrogens is 230 g/mol. The fourth-order valence-electron chi connectivity index (χ4n) is 2.41. The lowest BCUT2D eigenvalue weighted by Gasteiger charge is -2.25. The molecule has 4 N–H and O–H groups in total. The van der Waals surface area contributed by atoms with Crippen LogP contribution in [0.2, 0.25) is 0 Å². The minimum Gasteiger partial charge on any atom is -0.513 e. The van der Waals surface area contributed by atoms with E-state index >= 15 is 0 Å². The van der Waals surface area contributed by atoms with Gasteiger partial charge in [-0.25, -0.2) is 0 Å². The van der Waals surface area contributed by atoms with Crippen LogP contribution in [-0.2, 0) is 4.79 Å². The Morgan fingerprint density at radius 1 is 1.28 bits per heavy atom. The molecule has 1 aliphatic rings. The van der Waals surface area contributed by atoms with E-state index in [-0.39, 0.29) is 5.76 Å². The lowest BCUT2D eigenvalue weighted by Crippen LogP contribution is -2.31. The summed E-state index contributed by atoms with van der Waals surface area (Å²) in [7, 11) is 0. The number of hydrogen-bond acceptors (Lipinski definition) is 3. The van der Waals surface area contributed by atoms with Crippen molar-refractivity contribution in [3.05, 3.63) is 23.5 Å². The molecule has 0 aromatic rings. The van der Waals surface area contributed by atoms with E-state index in [0.717, 1.165) is 18.4 Å². The van der Waals surface area contributed by atoms with Crippen LogP contribution in [0.15, 0.2) is 23.5 Å². The second-order valence-electron chi connectivity index (χ2n) is 5.03. The van der Waals surface area contributed by atoms with E-state index in [2.05, 4.69) is 0 Å². The molecule has 0 heterocycles. The van der Waals surface area contributed by atoms with Crippen LogP contribution >= 0.6 is 0 Å². The van der Waals surface area contributed by atoms with Gasteiger partial charge in [-0.2, -0.15) is 0 Å². The SMILES string of the molecule is C/C(O)=C\C=C(\CC(N)C(=O)O)C1CCCCC1. The van der Waals surface area contributed by atoms with Gasteiger partial charge in [0.05, 0.1) is 5.76 Å². The summed E-state index contributed by atoms with van der Waals surface area (Å²) < 4.78 is 0. The van der Waals surface area contributed by atoms with Crippen molar-refractivity contribution in [3.63, 3.8) is 0 Å². The third kappa shape index (κ3) is 4.92. The molecule has 0 aliphatic heterocycles. The Balaban J connectivity index is 2.77. The van der Waals surface area contributed by atoms with Crippen LogP contribution < -0.4 is 5.73 Å². The van der Waals surface area contributed by atoms with Crippen molar-refractivity contribution < 1.29 is 15.0 Å². The maximum Gasteiger partial charge on any atom is 0.320 e. The Bertz CT molecular complexity index is 337. The largest absolute Gasteiger partial charge is 0.513 e. The number of allylic oxidation sites excluding steroid dienone is 3. The summed E-state index contributed by atoms with van der Waals surface area (Å²) in [4.78, 5) is 10.8. The van der Waals surface area contributed by atoms with Gasteiger partial charge in [-0.15, -0.1) is 0 Å². The highest BCUT2D eigenvalue weighted by Crippen LogP contribution is 2.32. The van der Waals surface area contributed by atoms with Crippen LogP contribution in [0.4, 0.5) is 0 Å². The van der Waals surface area contributed by atoms with Gasteiger partial charge in [0.25, 0.3) is 0 Å². The third-order valence-electron chi connectivity index (χ3n) is 3.44. The summed E-state index contributed by atoms with van der Waals surface area (Å²) in [6.07, 6.45) is 9.64. The van der Waals surface area contributed by atoms with Gasteiger partial charge in [0, 0.05) is 0 Å². The van der Waals surface area contributed by atoms with E-state index < -0.39 is 12.0 Å². The topological polar surface area (TPSA) is 83.5 Å². The molecule has 1 fully saturated rings. The second-order valence-corrected chi connectivity index (χ2v) is 5.03. The molecule has 0 aromatic carbocycles. The lowest BCUT2D eigenvalue weighted by molar-refractivity contribution is -0.138. The van der Waals surface area contributed by atoms with E-state index in [4.69, 9.17) is 10.8 Å². The summed E-state index contributed by atoms with van der Waals surface area (Å²) in [5.74, 6) is -0.326. The first-order valence-electron chi connectivity index (χ1n) is 6.55. The number of carboxylic acids is 1. The Labute approximate surface area is 108 Å². The predicted molar refractivity (Wildman–Crippen MR) is 71.3 cm³/mol. The van der Waals surface area contributed by atoms with Gasteiger partial charge >= 0.3 is 5.97 Å². The highest BCUT2D eigenvalue weighted by molar-refractivity contribution is 5.73. The highest BCUT2D eigenvalue weighted by atomic mass is 16.4. The molecule has 4 nitrogen and oxygen atoms in total. The van der Waals surface area contributed by atoms with Crippen LogP contribution in [0.5, 0.6) is 0 Å².